The fourth-order valence-corrected chi connectivity index (χ4v) is 4.25. The summed E-state index contributed by atoms with van der Waals surface area (Å²) in [6.07, 6.45) is 6.11. The molecule has 1 amide bonds. The lowest BCUT2D eigenvalue weighted by Crippen LogP contribution is -2.43. The number of anilines is 3. The van der Waals surface area contributed by atoms with E-state index in [9.17, 15) is 19.5 Å². The molecule has 172 valence electrons. The Morgan fingerprint density at radius 1 is 1.12 bits per heavy atom. The fraction of sp³-hybridized carbons (Fsp3) is 0.375. The SMILES string of the molecule is Cc1cccnc1[C@H](Nc1c(Nc2ccnc(C(=O)N(C)C)c2O)c(=O)c1=O)C1(C)CCC1. The summed E-state index contributed by atoms with van der Waals surface area (Å²) >= 11 is 0. The molecule has 1 aliphatic carbocycles. The maximum atomic E-state index is 12.5. The van der Waals surface area contributed by atoms with Crippen LogP contribution in [0.25, 0.3) is 0 Å². The summed E-state index contributed by atoms with van der Waals surface area (Å²) in [6.45, 7) is 4.12. The molecule has 9 heteroatoms. The molecule has 3 N–H and O–H groups in total. The van der Waals surface area contributed by atoms with E-state index in [1.165, 1.54) is 17.2 Å². The minimum Gasteiger partial charge on any atom is -0.504 e. The number of aromatic hydroxyl groups is 1. The third-order valence-electron chi connectivity index (χ3n) is 6.51. The predicted octanol–water partition coefficient (Wildman–Crippen LogP) is 2.88. The maximum Gasteiger partial charge on any atom is 0.275 e. The highest BCUT2D eigenvalue weighted by Crippen LogP contribution is 2.51. The number of nitrogens with zero attached hydrogens (tertiary/aromatic N) is 3. The van der Waals surface area contributed by atoms with Gasteiger partial charge in [0.2, 0.25) is 0 Å². The predicted molar refractivity (Wildman–Crippen MR) is 126 cm³/mol. The van der Waals surface area contributed by atoms with Crippen LogP contribution in [-0.2, 0) is 0 Å². The zero-order valence-corrected chi connectivity index (χ0v) is 19.1. The monoisotopic (exact) mass is 449 g/mol. The number of nitrogens with one attached hydrogen (secondary N) is 2. The molecule has 1 atom stereocenters. The van der Waals surface area contributed by atoms with Crippen LogP contribution < -0.4 is 21.5 Å². The minimum absolute atomic E-state index is 0.0475. The lowest BCUT2D eigenvalue weighted by Gasteiger charge is -2.46. The number of rotatable bonds is 7. The van der Waals surface area contributed by atoms with Crippen molar-refractivity contribution in [3.05, 3.63) is 68.0 Å². The number of carbonyl (C=O) groups is 1. The van der Waals surface area contributed by atoms with E-state index in [2.05, 4.69) is 27.5 Å². The minimum atomic E-state index is -0.690. The van der Waals surface area contributed by atoms with Crippen LogP contribution >= 0.6 is 0 Å². The summed E-state index contributed by atoms with van der Waals surface area (Å²) in [5.41, 5.74) is 0.570. The van der Waals surface area contributed by atoms with E-state index in [4.69, 9.17) is 0 Å². The van der Waals surface area contributed by atoms with Crippen LogP contribution in [0.1, 0.15) is 54.0 Å². The van der Waals surface area contributed by atoms with Crippen LogP contribution in [0.5, 0.6) is 5.75 Å². The molecular weight excluding hydrogens is 422 g/mol. The number of aryl methyl sites for hydroxylation is 1. The van der Waals surface area contributed by atoms with Crippen LogP contribution in [0.4, 0.5) is 17.1 Å². The van der Waals surface area contributed by atoms with Crippen molar-refractivity contribution < 1.29 is 9.90 Å². The van der Waals surface area contributed by atoms with Gasteiger partial charge in [0, 0.05) is 26.5 Å². The normalized spacial score (nSPS) is 15.5. The van der Waals surface area contributed by atoms with Crippen molar-refractivity contribution in [1.82, 2.24) is 14.9 Å². The Hall–Kier alpha value is -3.75. The van der Waals surface area contributed by atoms with Gasteiger partial charge in [-0.1, -0.05) is 19.4 Å². The molecule has 33 heavy (non-hydrogen) atoms. The van der Waals surface area contributed by atoms with Crippen molar-refractivity contribution in [3.8, 4) is 5.75 Å². The van der Waals surface area contributed by atoms with Gasteiger partial charge in [0.25, 0.3) is 16.8 Å². The molecule has 2 heterocycles. The van der Waals surface area contributed by atoms with Crippen LogP contribution in [-0.4, -0.2) is 40.0 Å². The average molecular weight is 450 g/mol. The molecule has 0 bridgehead atoms. The van der Waals surface area contributed by atoms with E-state index in [0.29, 0.717) is 0 Å². The molecule has 0 saturated heterocycles. The molecule has 2 aromatic heterocycles. The molecule has 1 aromatic carbocycles. The first kappa shape index (κ1) is 22.4. The van der Waals surface area contributed by atoms with E-state index in [1.807, 2.05) is 19.1 Å². The van der Waals surface area contributed by atoms with E-state index in [1.54, 1.807) is 20.3 Å². The molecule has 1 aliphatic rings. The molecular formula is C24H27N5O4. The van der Waals surface area contributed by atoms with Crippen molar-refractivity contribution >= 4 is 23.0 Å². The Labute approximate surface area is 191 Å². The van der Waals surface area contributed by atoms with Crippen LogP contribution in [0.3, 0.4) is 0 Å². The molecule has 9 nitrogen and oxygen atoms in total. The summed E-state index contributed by atoms with van der Waals surface area (Å²) in [5.74, 6) is -0.874. The van der Waals surface area contributed by atoms with Crippen LogP contribution in [0, 0.1) is 12.3 Å². The third-order valence-corrected chi connectivity index (χ3v) is 6.51. The second kappa shape index (κ2) is 8.31. The quantitative estimate of drug-likeness (QED) is 0.470. The highest BCUT2D eigenvalue weighted by molar-refractivity contribution is 5.97. The van der Waals surface area contributed by atoms with Crippen molar-refractivity contribution in [3.63, 3.8) is 0 Å². The van der Waals surface area contributed by atoms with Crippen molar-refractivity contribution in [2.24, 2.45) is 5.41 Å². The number of hydrogen-bond donors (Lipinski definition) is 3. The molecule has 0 radical (unpaired) electrons. The first-order valence-corrected chi connectivity index (χ1v) is 10.8. The van der Waals surface area contributed by atoms with Gasteiger partial charge >= 0.3 is 0 Å². The Balaban J connectivity index is 1.69. The van der Waals surface area contributed by atoms with Crippen LogP contribution in [0.15, 0.2) is 40.2 Å². The Bertz CT molecular complexity index is 1290. The molecule has 4 rings (SSSR count). The average Bonchev–Trinajstić information content (AvgIpc) is 2.78. The first-order valence-electron chi connectivity index (χ1n) is 10.8. The lowest BCUT2D eigenvalue weighted by molar-refractivity contribution is 0.0819. The van der Waals surface area contributed by atoms with Gasteiger partial charge in [-0.25, -0.2) is 4.98 Å². The molecule has 1 saturated carbocycles. The molecule has 0 unspecified atom stereocenters. The zero-order chi connectivity index (χ0) is 23.9. The van der Waals surface area contributed by atoms with E-state index in [-0.39, 0.29) is 34.2 Å². The molecule has 3 aromatic rings. The highest BCUT2D eigenvalue weighted by atomic mass is 16.3. The maximum absolute atomic E-state index is 12.5. The van der Waals surface area contributed by atoms with Gasteiger partial charge in [0.15, 0.2) is 11.4 Å². The van der Waals surface area contributed by atoms with E-state index >= 15 is 0 Å². The van der Waals surface area contributed by atoms with Crippen molar-refractivity contribution in [1.29, 1.82) is 0 Å². The molecule has 0 aliphatic heterocycles. The number of amides is 1. The van der Waals surface area contributed by atoms with Gasteiger partial charge in [-0.15, -0.1) is 0 Å². The van der Waals surface area contributed by atoms with Crippen molar-refractivity contribution in [2.75, 3.05) is 24.7 Å². The first-order chi connectivity index (χ1) is 15.6. The summed E-state index contributed by atoms with van der Waals surface area (Å²) in [6, 6.07) is 5.02. The van der Waals surface area contributed by atoms with E-state index < -0.39 is 22.5 Å². The number of aromatic nitrogens is 2. The van der Waals surface area contributed by atoms with E-state index in [0.717, 1.165) is 30.5 Å². The van der Waals surface area contributed by atoms with Gasteiger partial charge in [-0.3, -0.25) is 19.4 Å². The van der Waals surface area contributed by atoms with Crippen molar-refractivity contribution in [2.45, 2.75) is 39.2 Å². The van der Waals surface area contributed by atoms with Gasteiger partial charge in [-0.05, 0) is 42.9 Å². The summed E-state index contributed by atoms with van der Waals surface area (Å²) < 4.78 is 0. The second-order valence-electron chi connectivity index (χ2n) is 9.08. The largest absolute Gasteiger partial charge is 0.504 e. The van der Waals surface area contributed by atoms with Crippen LogP contribution in [0.2, 0.25) is 0 Å². The summed E-state index contributed by atoms with van der Waals surface area (Å²) in [5, 5.41) is 16.7. The number of hydrogen-bond acceptors (Lipinski definition) is 8. The topological polar surface area (TPSA) is 125 Å². The second-order valence-corrected chi connectivity index (χ2v) is 9.08. The molecule has 1 fully saturated rings. The van der Waals surface area contributed by atoms with Gasteiger partial charge < -0.3 is 20.6 Å². The molecule has 0 spiro atoms. The fourth-order valence-electron chi connectivity index (χ4n) is 4.25. The Morgan fingerprint density at radius 2 is 1.82 bits per heavy atom. The summed E-state index contributed by atoms with van der Waals surface area (Å²) in [7, 11) is 3.09. The Morgan fingerprint density at radius 3 is 2.42 bits per heavy atom. The van der Waals surface area contributed by atoms with Gasteiger partial charge in [0.1, 0.15) is 11.4 Å². The summed E-state index contributed by atoms with van der Waals surface area (Å²) in [4.78, 5) is 47.0. The lowest BCUT2D eigenvalue weighted by atomic mass is 9.64. The Kier molecular flexibility index (Phi) is 5.65. The number of carbonyl (C=O) groups excluding carboxylic acids is 1. The standard InChI is InChI=1S/C24H27N5O4/c1-13-7-5-11-25-15(13)22(24(2)9-6-10-24)28-17-16(20(31)21(17)32)27-14-8-12-26-18(19(14)30)23(33)29(3)4/h5,7-8,11-12,22,28,30H,6,9-10H2,1-4H3,(H,26,27)/t22-/m0/s1. The highest BCUT2D eigenvalue weighted by Gasteiger charge is 2.43. The van der Waals surface area contributed by atoms with Gasteiger partial charge in [0.05, 0.1) is 17.4 Å². The number of pyridine rings is 2. The third kappa shape index (κ3) is 3.83. The zero-order valence-electron chi connectivity index (χ0n) is 19.1. The van der Waals surface area contributed by atoms with Gasteiger partial charge in [-0.2, -0.15) is 0 Å². The smallest absolute Gasteiger partial charge is 0.275 e.